The molecule has 0 aliphatic carbocycles. The van der Waals surface area contributed by atoms with Gasteiger partial charge in [0.25, 0.3) is 0 Å². The van der Waals surface area contributed by atoms with Gasteiger partial charge >= 0.3 is 14.1 Å². The lowest BCUT2D eigenvalue weighted by molar-refractivity contribution is -0.179. The van der Waals surface area contributed by atoms with Crippen LogP contribution in [0.5, 0.6) is 5.75 Å². The number of aromatic nitrogens is 4. The zero-order valence-electron chi connectivity index (χ0n) is 22.1. The van der Waals surface area contributed by atoms with Crippen molar-refractivity contribution in [1.82, 2.24) is 24.4 Å². The Balaban J connectivity index is 1.36. The highest BCUT2D eigenvalue weighted by Crippen LogP contribution is 2.44. The predicted octanol–water partition coefficient (Wildman–Crippen LogP) is 2.14. The largest absolute Gasteiger partial charge is 0.693 e. The van der Waals surface area contributed by atoms with Gasteiger partial charge in [-0.05, 0) is 32.4 Å². The lowest BCUT2D eigenvalue weighted by Gasteiger charge is -2.32. The topological polar surface area (TPSA) is 167 Å². The van der Waals surface area contributed by atoms with Crippen molar-refractivity contribution in [3.8, 4) is 5.75 Å². The average molecular weight is 579 g/mol. The summed E-state index contributed by atoms with van der Waals surface area (Å²) in [5.74, 6) is 0.0564. The van der Waals surface area contributed by atoms with E-state index in [0.29, 0.717) is 11.3 Å². The third-order valence-corrected chi connectivity index (χ3v) is 8.03. The first-order valence-corrected chi connectivity index (χ1v) is 13.7. The SMILES string of the molecule is COC(=O)C(C)N(OC[C@H]1O[C@@H](n2cnc3c(N4CCC4)nc(N)nc32)[C@](C)(F)[C@@H]1O)[P+](=O)Oc1ccccc1. The fourth-order valence-electron chi connectivity index (χ4n) is 4.51. The summed E-state index contributed by atoms with van der Waals surface area (Å²) in [6, 6.07) is 7.12. The average Bonchev–Trinajstić information content (AvgIpc) is 3.41. The molecule has 3 N–H and O–H groups in total. The van der Waals surface area contributed by atoms with Gasteiger partial charge in [-0.2, -0.15) is 9.97 Å². The van der Waals surface area contributed by atoms with E-state index in [4.69, 9.17) is 24.6 Å². The Hall–Kier alpha value is -3.49. The molecule has 0 spiro atoms. The van der Waals surface area contributed by atoms with Crippen molar-refractivity contribution < 1.29 is 37.7 Å². The van der Waals surface area contributed by atoms with Gasteiger partial charge in [-0.15, -0.1) is 0 Å². The van der Waals surface area contributed by atoms with Crippen molar-refractivity contribution >= 4 is 37.1 Å². The molecule has 2 aliphatic rings. The first-order chi connectivity index (χ1) is 19.1. The van der Waals surface area contributed by atoms with Crippen LogP contribution in [0.4, 0.5) is 16.2 Å². The van der Waals surface area contributed by atoms with Gasteiger partial charge < -0.3 is 25.2 Å². The summed E-state index contributed by atoms with van der Waals surface area (Å²) < 4.78 is 46.5. The first kappa shape index (κ1) is 28.1. The molecule has 5 rings (SSSR count). The summed E-state index contributed by atoms with van der Waals surface area (Å²) >= 11 is 0. The standard InChI is InChI=1S/C24H30FN7O7P/c1-14(21(34)36-3)32(40(35)39-15-8-5-4-6-9-15)37-12-16-18(33)24(2,25)22(38-16)31-13-27-17-19(30-10-7-11-30)28-23(26)29-20(17)31/h4-6,8-9,13-14,16,18,22,33H,7,10-12H2,1-3H3,(H2,26,28,29)/q+1/t14?,16-,18-,22-,24-/m1/s1. The van der Waals surface area contributed by atoms with E-state index < -0.39 is 50.9 Å². The number of ether oxygens (including phenoxy) is 2. The van der Waals surface area contributed by atoms with E-state index >= 15 is 4.39 Å². The summed E-state index contributed by atoms with van der Waals surface area (Å²) in [6.07, 6.45) is -1.91. The van der Waals surface area contributed by atoms with E-state index in [2.05, 4.69) is 15.0 Å². The quantitative estimate of drug-likeness (QED) is 0.204. The number of halogens is 1. The number of fused-ring (bicyclic) bond motifs is 1. The number of hydrogen-bond acceptors (Lipinski definition) is 12. The molecule has 2 saturated heterocycles. The minimum Gasteiger partial charge on any atom is -0.468 e. The zero-order chi connectivity index (χ0) is 28.6. The third kappa shape index (κ3) is 5.18. The summed E-state index contributed by atoms with van der Waals surface area (Å²) in [6.45, 7) is 3.68. The normalized spacial score (nSPS) is 25.6. The number of para-hydroxylation sites is 1. The number of rotatable bonds is 10. The summed E-state index contributed by atoms with van der Waals surface area (Å²) in [7, 11) is -1.59. The molecule has 0 radical (unpaired) electrons. The Kier molecular flexibility index (Phi) is 7.84. The number of esters is 1. The van der Waals surface area contributed by atoms with E-state index in [1.165, 1.54) is 31.9 Å². The summed E-state index contributed by atoms with van der Waals surface area (Å²) in [5.41, 5.74) is 4.30. The van der Waals surface area contributed by atoms with Gasteiger partial charge in [0.1, 0.15) is 18.8 Å². The molecule has 40 heavy (non-hydrogen) atoms. The minimum absolute atomic E-state index is 0.00945. The van der Waals surface area contributed by atoms with Crippen LogP contribution in [0.3, 0.4) is 0 Å². The molecule has 14 nitrogen and oxygen atoms in total. The molecule has 0 bridgehead atoms. The van der Waals surface area contributed by atoms with Crippen LogP contribution >= 0.6 is 8.18 Å². The van der Waals surface area contributed by atoms with Crippen LogP contribution < -0.4 is 15.2 Å². The lowest BCUT2D eigenvalue weighted by atomic mass is 9.98. The maximum Gasteiger partial charge on any atom is 0.693 e. The second-order valence-electron chi connectivity index (χ2n) is 9.63. The van der Waals surface area contributed by atoms with Crippen molar-refractivity contribution in [3.63, 3.8) is 0 Å². The van der Waals surface area contributed by atoms with Crippen LogP contribution in [0, 0.1) is 0 Å². The summed E-state index contributed by atoms with van der Waals surface area (Å²) in [4.78, 5) is 33.6. The Bertz CT molecular complexity index is 1390. The Morgan fingerprint density at radius 1 is 1.35 bits per heavy atom. The molecule has 2 aliphatic heterocycles. The number of methoxy groups -OCH3 is 1. The Morgan fingerprint density at radius 3 is 2.73 bits per heavy atom. The van der Waals surface area contributed by atoms with E-state index in [9.17, 15) is 14.5 Å². The van der Waals surface area contributed by atoms with Gasteiger partial charge in [-0.25, -0.2) is 13.9 Å². The van der Waals surface area contributed by atoms with Crippen molar-refractivity contribution in [2.75, 3.05) is 37.4 Å². The molecule has 2 fully saturated rings. The number of anilines is 2. The molecule has 1 aromatic carbocycles. The predicted molar refractivity (Wildman–Crippen MR) is 140 cm³/mol. The van der Waals surface area contributed by atoms with Crippen molar-refractivity contribution in [2.24, 2.45) is 0 Å². The molecule has 214 valence electrons. The number of carbonyl (C=O) groups is 1. The van der Waals surface area contributed by atoms with Gasteiger partial charge in [0.05, 0.1) is 18.3 Å². The number of hydrogen-bond donors (Lipinski definition) is 2. The van der Waals surface area contributed by atoms with Crippen molar-refractivity contribution in [2.45, 2.75) is 50.4 Å². The van der Waals surface area contributed by atoms with Crippen molar-refractivity contribution in [1.29, 1.82) is 0 Å². The lowest BCUT2D eigenvalue weighted by Crippen LogP contribution is -2.43. The number of nitrogens with zero attached hydrogens (tertiary/aromatic N) is 6. The highest BCUT2D eigenvalue weighted by Gasteiger charge is 2.56. The second kappa shape index (κ2) is 11.2. The van der Waals surface area contributed by atoms with Gasteiger partial charge in [-0.3, -0.25) is 14.2 Å². The number of alkyl halides is 1. The van der Waals surface area contributed by atoms with E-state index in [1.807, 2.05) is 4.90 Å². The maximum absolute atomic E-state index is 16.0. The molecule has 2 aromatic heterocycles. The molecule has 6 atom stereocenters. The second-order valence-corrected chi connectivity index (χ2v) is 10.7. The fraction of sp³-hybridized carbons (Fsp3) is 0.500. The number of benzene rings is 1. The number of aliphatic hydroxyl groups is 1. The smallest absolute Gasteiger partial charge is 0.468 e. The van der Waals surface area contributed by atoms with Gasteiger partial charge in [0, 0.05) is 17.7 Å². The van der Waals surface area contributed by atoms with E-state index in [-0.39, 0.29) is 17.3 Å². The van der Waals surface area contributed by atoms with Crippen LogP contribution in [-0.2, 0) is 23.7 Å². The molecular weight excluding hydrogens is 548 g/mol. The third-order valence-electron chi connectivity index (χ3n) is 6.88. The number of imidazole rings is 1. The minimum atomic E-state index is -2.76. The van der Waals surface area contributed by atoms with Crippen LogP contribution in [0.25, 0.3) is 11.2 Å². The molecule has 3 aromatic rings. The van der Waals surface area contributed by atoms with Gasteiger partial charge in [0.15, 0.2) is 40.7 Å². The highest BCUT2D eigenvalue weighted by atomic mass is 31.1. The van der Waals surface area contributed by atoms with Crippen LogP contribution in [0.2, 0.25) is 0 Å². The monoisotopic (exact) mass is 578 g/mol. The summed E-state index contributed by atoms with van der Waals surface area (Å²) in [5, 5.41) is 10.9. The first-order valence-electron chi connectivity index (χ1n) is 12.6. The van der Waals surface area contributed by atoms with E-state index in [1.54, 1.807) is 30.3 Å². The van der Waals surface area contributed by atoms with Gasteiger partial charge in [0.2, 0.25) is 5.95 Å². The number of carbonyl (C=O) groups excluding carboxylic acids is 1. The molecule has 0 saturated carbocycles. The number of hydroxylamine groups is 1. The molecule has 4 heterocycles. The Morgan fingerprint density at radius 2 is 2.08 bits per heavy atom. The number of nitrogens with two attached hydrogens (primary N) is 1. The molecule has 2 unspecified atom stereocenters. The number of aliphatic hydroxyl groups excluding tert-OH is 1. The van der Waals surface area contributed by atoms with Crippen LogP contribution in [0.1, 0.15) is 26.5 Å². The van der Waals surface area contributed by atoms with Crippen LogP contribution in [-0.4, -0.2) is 86.2 Å². The maximum atomic E-state index is 16.0. The van der Waals surface area contributed by atoms with Crippen LogP contribution in [0.15, 0.2) is 36.7 Å². The molecular formula is C24H30FN7O7P+. The van der Waals surface area contributed by atoms with Crippen molar-refractivity contribution in [3.05, 3.63) is 36.7 Å². The molecule has 16 heteroatoms. The number of nitrogen functional groups attached to an aromatic ring is 1. The van der Waals surface area contributed by atoms with E-state index in [0.717, 1.165) is 24.3 Å². The Labute approximate surface area is 229 Å². The highest BCUT2D eigenvalue weighted by molar-refractivity contribution is 7.36. The van der Waals surface area contributed by atoms with Gasteiger partial charge in [-0.1, -0.05) is 18.2 Å². The molecule has 0 amide bonds. The fourth-order valence-corrected chi connectivity index (χ4v) is 5.43. The zero-order valence-corrected chi connectivity index (χ0v) is 23.0.